The molecule has 0 aliphatic heterocycles. The molecule has 0 spiro atoms. The molecule has 0 N–H and O–H groups in total. The first kappa shape index (κ1) is 15.5. The Morgan fingerprint density at radius 3 is 2.22 bits per heavy atom. The third-order valence-electron chi connectivity index (χ3n) is 4.64. The quantitative estimate of drug-likeness (QED) is 0.497. The monoisotopic (exact) mass is 352 g/mol. The molecule has 27 heavy (non-hydrogen) atoms. The molecule has 130 valence electrons. The number of benzene rings is 3. The van der Waals surface area contributed by atoms with Crippen LogP contribution in [0.15, 0.2) is 89.7 Å². The Hall–Kier alpha value is -3.73. The smallest absolute Gasteiger partial charge is 0.283 e. The van der Waals surface area contributed by atoms with Gasteiger partial charge in [-0.3, -0.25) is 9.36 Å². The maximum Gasteiger partial charge on any atom is 0.283 e. The number of nitrogens with zero attached hydrogens (tertiary/aromatic N) is 4. The fraction of sp³-hybridized carbons (Fsp3) is 0.0455. The summed E-state index contributed by atoms with van der Waals surface area (Å²) >= 11 is 0. The van der Waals surface area contributed by atoms with E-state index in [1.807, 2.05) is 71.3 Å². The highest BCUT2D eigenvalue weighted by atomic mass is 16.1. The molecule has 0 bridgehead atoms. The molecule has 5 rings (SSSR count). The molecule has 5 heteroatoms. The molecule has 5 nitrogen and oxygen atoms in total. The number of rotatable bonds is 3. The second-order valence-corrected chi connectivity index (χ2v) is 6.41. The molecule has 2 aromatic heterocycles. The van der Waals surface area contributed by atoms with Crippen LogP contribution in [0.4, 0.5) is 0 Å². The van der Waals surface area contributed by atoms with Gasteiger partial charge in [0.05, 0.1) is 17.4 Å². The molecule has 0 saturated heterocycles. The summed E-state index contributed by atoms with van der Waals surface area (Å²) in [6.07, 6.45) is 0. The summed E-state index contributed by atoms with van der Waals surface area (Å²) < 4.78 is 3.41. The van der Waals surface area contributed by atoms with E-state index in [-0.39, 0.29) is 5.56 Å². The molecule has 0 radical (unpaired) electrons. The van der Waals surface area contributed by atoms with Crippen LogP contribution in [-0.2, 0) is 6.54 Å². The van der Waals surface area contributed by atoms with Crippen molar-refractivity contribution in [2.24, 2.45) is 0 Å². The van der Waals surface area contributed by atoms with Crippen molar-refractivity contribution in [1.29, 1.82) is 0 Å². The molecule has 2 heterocycles. The van der Waals surface area contributed by atoms with Crippen molar-refractivity contribution in [3.8, 4) is 11.4 Å². The molecule has 5 aromatic rings. The standard InChI is InChI=1S/C22H16N4O/c27-21-18-13-7-8-14-19(18)23-22-25(15-16-9-3-1-4-10-16)20(24-26(21)22)17-11-5-2-6-12-17/h1-14H,15H2. The zero-order valence-corrected chi connectivity index (χ0v) is 14.5. The van der Waals surface area contributed by atoms with Gasteiger partial charge < -0.3 is 0 Å². The minimum atomic E-state index is -0.153. The highest BCUT2D eigenvalue weighted by Gasteiger charge is 2.17. The number of aromatic nitrogens is 4. The molecule has 0 unspecified atom stereocenters. The summed E-state index contributed by atoms with van der Waals surface area (Å²) in [7, 11) is 0. The van der Waals surface area contributed by atoms with Gasteiger partial charge in [0.1, 0.15) is 0 Å². The van der Waals surface area contributed by atoms with Crippen molar-refractivity contribution in [3.05, 3.63) is 101 Å². The minimum Gasteiger partial charge on any atom is -0.288 e. The Morgan fingerprint density at radius 2 is 1.44 bits per heavy atom. The van der Waals surface area contributed by atoms with E-state index in [0.717, 1.165) is 17.0 Å². The van der Waals surface area contributed by atoms with Gasteiger partial charge in [0.2, 0.25) is 5.78 Å². The lowest BCUT2D eigenvalue weighted by Crippen LogP contribution is -2.16. The Kier molecular flexibility index (Phi) is 3.57. The van der Waals surface area contributed by atoms with Gasteiger partial charge in [0.15, 0.2) is 5.82 Å². The molecule has 0 saturated carbocycles. The van der Waals surface area contributed by atoms with Gasteiger partial charge in [-0.1, -0.05) is 72.8 Å². The van der Waals surface area contributed by atoms with E-state index in [0.29, 0.717) is 23.2 Å². The van der Waals surface area contributed by atoms with Crippen molar-refractivity contribution in [2.75, 3.05) is 0 Å². The topological polar surface area (TPSA) is 52.2 Å². The van der Waals surface area contributed by atoms with Gasteiger partial charge in [-0.15, -0.1) is 5.10 Å². The van der Waals surface area contributed by atoms with Crippen LogP contribution in [0.25, 0.3) is 28.1 Å². The predicted molar refractivity (Wildman–Crippen MR) is 106 cm³/mol. The molecule has 0 fully saturated rings. The van der Waals surface area contributed by atoms with Crippen LogP contribution in [0.1, 0.15) is 5.56 Å². The molecule has 0 amide bonds. The maximum atomic E-state index is 13.0. The van der Waals surface area contributed by atoms with Crippen LogP contribution in [0.5, 0.6) is 0 Å². The molecule has 0 atom stereocenters. The minimum absolute atomic E-state index is 0.153. The van der Waals surface area contributed by atoms with Crippen LogP contribution in [0, 0.1) is 0 Å². The molecular formula is C22H16N4O. The second-order valence-electron chi connectivity index (χ2n) is 6.41. The largest absolute Gasteiger partial charge is 0.288 e. The predicted octanol–water partition coefficient (Wildman–Crippen LogP) is 3.76. The van der Waals surface area contributed by atoms with Crippen molar-refractivity contribution in [1.82, 2.24) is 19.2 Å². The van der Waals surface area contributed by atoms with Crippen LogP contribution in [-0.4, -0.2) is 19.2 Å². The zero-order chi connectivity index (χ0) is 18.2. The number of hydrogen-bond donors (Lipinski definition) is 0. The normalized spacial score (nSPS) is 11.3. The van der Waals surface area contributed by atoms with Crippen LogP contribution in [0.2, 0.25) is 0 Å². The van der Waals surface area contributed by atoms with Gasteiger partial charge in [-0.2, -0.15) is 4.52 Å². The summed E-state index contributed by atoms with van der Waals surface area (Å²) in [4.78, 5) is 17.7. The highest BCUT2D eigenvalue weighted by molar-refractivity contribution is 5.79. The summed E-state index contributed by atoms with van der Waals surface area (Å²) in [5.41, 5.74) is 2.59. The summed E-state index contributed by atoms with van der Waals surface area (Å²) in [6.45, 7) is 0.583. The lowest BCUT2D eigenvalue weighted by atomic mass is 10.2. The summed E-state index contributed by atoms with van der Waals surface area (Å²) in [6, 6.07) is 27.4. The lowest BCUT2D eigenvalue weighted by molar-refractivity contribution is 0.820. The summed E-state index contributed by atoms with van der Waals surface area (Å²) in [5, 5.41) is 5.20. The third kappa shape index (κ3) is 2.60. The first-order chi connectivity index (χ1) is 13.3. The number of fused-ring (bicyclic) bond motifs is 2. The van der Waals surface area contributed by atoms with E-state index in [1.54, 1.807) is 6.07 Å². The Labute approximate surface area is 155 Å². The highest BCUT2D eigenvalue weighted by Crippen LogP contribution is 2.21. The van der Waals surface area contributed by atoms with Gasteiger partial charge >= 0.3 is 0 Å². The SMILES string of the molecule is O=c1c2ccccc2nc2n(Cc3ccccc3)c(-c3ccccc3)nn12. The van der Waals surface area contributed by atoms with Crippen molar-refractivity contribution in [3.63, 3.8) is 0 Å². The fourth-order valence-corrected chi connectivity index (χ4v) is 3.33. The van der Waals surface area contributed by atoms with Gasteiger partial charge in [0.25, 0.3) is 5.56 Å². The zero-order valence-electron chi connectivity index (χ0n) is 14.5. The lowest BCUT2D eigenvalue weighted by Gasteiger charge is -2.08. The summed E-state index contributed by atoms with van der Waals surface area (Å²) in [5.74, 6) is 1.26. The maximum absolute atomic E-state index is 13.0. The van der Waals surface area contributed by atoms with E-state index >= 15 is 0 Å². The average Bonchev–Trinajstić information content (AvgIpc) is 3.08. The van der Waals surface area contributed by atoms with Gasteiger partial charge in [-0.05, 0) is 17.7 Å². The Balaban J connectivity index is 1.84. The average molecular weight is 352 g/mol. The van der Waals surface area contributed by atoms with Gasteiger partial charge in [0, 0.05) is 5.56 Å². The van der Waals surface area contributed by atoms with Crippen molar-refractivity contribution >= 4 is 16.7 Å². The second kappa shape index (κ2) is 6.21. The van der Waals surface area contributed by atoms with Crippen molar-refractivity contribution < 1.29 is 0 Å². The van der Waals surface area contributed by atoms with E-state index in [1.165, 1.54) is 4.52 Å². The van der Waals surface area contributed by atoms with E-state index in [9.17, 15) is 4.79 Å². The number of hydrogen-bond acceptors (Lipinski definition) is 3. The van der Waals surface area contributed by atoms with Gasteiger partial charge in [-0.25, -0.2) is 4.98 Å². The molecule has 0 aliphatic carbocycles. The molecular weight excluding hydrogens is 336 g/mol. The third-order valence-corrected chi connectivity index (χ3v) is 4.64. The van der Waals surface area contributed by atoms with Crippen LogP contribution in [0.3, 0.4) is 0 Å². The first-order valence-electron chi connectivity index (χ1n) is 8.79. The Morgan fingerprint density at radius 1 is 0.778 bits per heavy atom. The van der Waals surface area contributed by atoms with E-state index < -0.39 is 0 Å². The van der Waals surface area contributed by atoms with E-state index in [2.05, 4.69) is 17.2 Å². The molecule has 0 aliphatic rings. The number of para-hydroxylation sites is 1. The molecule has 3 aromatic carbocycles. The first-order valence-corrected chi connectivity index (χ1v) is 8.79. The van der Waals surface area contributed by atoms with E-state index in [4.69, 9.17) is 4.98 Å². The Bertz CT molecular complexity index is 1300. The van der Waals surface area contributed by atoms with Crippen LogP contribution >= 0.6 is 0 Å². The van der Waals surface area contributed by atoms with Crippen molar-refractivity contribution in [2.45, 2.75) is 6.54 Å². The fourth-order valence-electron chi connectivity index (χ4n) is 3.33. The van der Waals surface area contributed by atoms with Crippen LogP contribution < -0.4 is 5.56 Å².